The highest BCUT2D eigenvalue weighted by Crippen LogP contribution is 2.35. The van der Waals surface area contributed by atoms with E-state index in [-0.39, 0.29) is 11.3 Å². The number of pyridine rings is 1. The van der Waals surface area contributed by atoms with E-state index in [1.807, 2.05) is 13.0 Å². The number of carbonyl (C=O) groups excluding carboxylic acids is 1. The number of hydrogen-bond donors (Lipinski definition) is 3. The molecule has 0 saturated carbocycles. The molecule has 31 heavy (non-hydrogen) atoms. The smallest absolute Gasteiger partial charge is 0.247 e. The van der Waals surface area contributed by atoms with Crippen LogP contribution in [0, 0.1) is 12.3 Å². The van der Waals surface area contributed by atoms with Crippen LogP contribution in [0.4, 0.5) is 23.1 Å². The molecule has 0 bridgehead atoms. The van der Waals surface area contributed by atoms with Gasteiger partial charge in [0, 0.05) is 23.8 Å². The standard InChI is InChI=1S/C23H28N6O2/c1-7-18(30)27-16-9-8-10-17(31-6)20(16)29-22-24-12-15-11-14(2)26-21(19(15)28-22)25-13-23(3,4)5/h7-12H,1,13H2,2-6H3,(H,25,26)(H,27,30)(H,24,28,29). The first-order chi connectivity index (χ1) is 14.7. The number of aryl methyl sites for hydroxylation is 1. The molecule has 0 aliphatic rings. The highest BCUT2D eigenvalue weighted by molar-refractivity contribution is 6.02. The maximum Gasteiger partial charge on any atom is 0.247 e. The number of nitrogens with one attached hydrogen (secondary N) is 3. The van der Waals surface area contributed by atoms with Crippen LogP contribution in [0.1, 0.15) is 26.5 Å². The molecule has 0 aliphatic heterocycles. The fraction of sp³-hybridized carbons (Fsp3) is 0.304. The van der Waals surface area contributed by atoms with Crippen molar-refractivity contribution >= 4 is 40.0 Å². The van der Waals surface area contributed by atoms with Gasteiger partial charge in [0.05, 0.1) is 12.8 Å². The normalized spacial score (nSPS) is 11.1. The summed E-state index contributed by atoms with van der Waals surface area (Å²) in [4.78, 5) is 25.6. The predicted octanol–water partition coefficient (Wildman–Crippen LogP) is 4.67. The van der Waals surface area contributed by atoms with E-state index in [0.717, 1.165) is 17.6 Å². The van der Waals surface area contributed by atoms with Crippen molar-refractivity contribution in [3.05, 3.63) is 48.8 Å². The number of methoxy groups -OCH3 is 1. The summed E-state index contributed by atoms with van der Waals surface area (Å²) in [5.41, 5.74) is 2.75. The lowest BCUT2D eigenvalue weighted by Crippen LogP contribution is -2.20. The molecule has 0 atom stereocenters. The van der Waals surface area contributed by atoms with Gasteiger partial charge in [-0.1, -0.05) is 33.4 Å². The first-order valence-corrected chi connectivity index (χ1v) is 9.96. The summed E-state index contributed by atoms with van der Waals surface area (Å²) in [6, 6.07) is 7.27. The van der Waals surface area contributed by atoms with E-state index >= 15 is 0 Å². The zero-order valence-electron chi connectivity index (χ0n) is 18.5. The molecular weight excluding hydrogens is 392 g/mol. The number of amides is 1. The van der Waals surface area contributed by atoms with Crippen LogP contribution >= 0.6 is 0 Å². The summed E-state index contributed by atoms with van der Waals surface area (Å²) >= 11 is 0. The van der Waals surface area contributed by atoms with Crippen molar-refractivity contribution < 1.29 is 9.53 Å². The van der Waals surface area contributed by atoms with Crippen LogP contribution in [-0.4, -0.2) is 34.5 Å². The molecular formula is C23H28N6O2. The number of fused-ring (bicyclic) bond motifs is 1. The van der Waals surface area contributed by atoms with Gasteiger partial charge in [0.1, 0.15) is 17.0 Å². The summed E-state index contributed by atoms with van der Waals surface area (Å²) in [6.07, 6.45) is 2.95. The van der Waals surface area contributed by atoms with Crippen molar-refractivity contribution in [2.75, 3.05) is 29.6 Å². The Morgan fingerprint density at radius 3 is 2.71 bits per heavy atom. The third kappa shape index (κ3) is 5.48. The lowest BCUT2D eigenvalue weighted by molar-refractivity contribution is -0.111. The molecule has 0 unspecified atom stereocenters. The Bertz CT molecular complexity index is 1120. The summed E-state index contributed by atoms with van der Waals surface area (Å²) < 4.78 is 5.46. The monoisotopic (exact) mass is 420 g/mol. The van der Waals surface area contributed by atoms with Gasteiger partial charge in [-0.15, -0.1) is 0 Å². The van der Waals surface area contributed by atoms with Gasteiger partial charge in [-0.05, 0) is 36.6 Å². The van der Waals surface area contributed by atoms with Crippen molar-refractivity contribution in [1.29, 1.82) is 0 Å². The number of benzene rings is 1. The minimum atomic E-state index is -0.330. The average molecular weight is 421 g/mol. The molecule has 8 heteroatoms. The quantitative estimate of drug-likeness (QED) is 0.478. The second-order valence-electron chi connectivity index (χ2n) is 8.36. The summed E-state index contributed by atoms with van der Waals surface area (Å²) in [7, 11) is 1.56. The van der Waals surface area contributed by atoms with E-state index in [4.69, 9.17) is 9.72 Å². The van der Waals surface area contributed by atoms with Crippen LogP contribution in [-0.2, 0) is 4.79 Å². The topological polar surface area (TPSA) is 101 Å². The van der Waals surface area contributed by atoms with E-state index < -0.39 is 0 Å². The van der Waals surface area contributed by atoms with Gasteiger partial charge < -0.3 is 20.7 Å². The molecule has 0 saturated heterocycles. The minimum Gasteiger partial charge on any atom is -0.494 e. The number of para-hydroxylation sites is 1. The molecule has 3 N–H and O–H groups in total. The Morgan fingerprint density at radius 2 is 2.03 bits per heavy atom. The maximum absolute atomic E-state index is 11.8. The molecule has 3 aromatic rings. The Hall–Kier alpha value is -3.68. The van der Waals surface area contributed by atoms with Gasteiger partial charge in [-0.3, -0.25) is 4.79 Å². The molecule has 0 spiro atoms. The number of ether oxygens (including phenoxy) is 1. The lowest BCUT2D eigenvalue weighted by Gasteiger charge is -2.20. The first kappa shape index (κ1) is 22.0. The van der Waals surface area contributed by atoms with Gasteiger partial charge >= 0.3 is 0 Å². The van der Waals surface area contributed by atoms with Crippen molar-refractivity contribution in [3.63, 3.8) is 0 Å². The minimum absolute atomic E-state index is 0.0848. The van der Waals surface area contributed by atoms with Crippen molar-refractivity contribution in [2.24, 2.45) is 5.41 Å². The van der Waals surface area contributed by atoms with Gasteiger partial charge in [-0.25, -0.2) is 15.0 Å². The molecule has 1 aromatic carbocycles. The van der Waals surface area contributed by atoms with Crippen molar-refractivity contribution in [1.82, 2.24) is 15.0 Å². The van der Waals surface area contributed by atoms with E-state index in [1.165, 1.54) is 6.08 Å². The molecule has 2 heterocycles. The van der Waals surface area contributed by atoms with E-state index in [1.54, 1.807) is 31.5 Å². The second-order valence-corrected chi connectivity index (χ2v) is 8.36. The van der Waals surface area contributed by atoms with E-state index in [2.05, 4.69) is 53.3 Å². The maximum atomic E-state index is 11.8. The van der Waals surface area contributed by atoms with Crippen molar-refractivity contribution in [2.45, 2.75) is 27.7 Å². The van der Waals surface area contributed by atoms with E-state index in [0.29, 0.717) is 34.4 Å². The molecule has 162 valence electrons. The Morgan fingerprint density at radius 1 is 1.26 bits per heavy atom. The van der Waals surface area contributed by atoms with Crippen LogP contribution < -0.4 is 20.7 Å². The lowest BCUT2D eigenvalue weighted by atomic mass is 9.97. The molecule has 0 aliphatic carbocycles. The van der Waals surface area contributed by atoms with Crippen LogP contribution in [0.15, 0.2) is 43.1 Å². The number of aromatic nitrogens is 3. The van der Waals surface area contributed by atoms with Gasteiger partial charge in [0.15, 0.2) is 5.82 Å². The number of hydrogen-bond acceptors (Lipinski definition) is 7. The molecule has 1 amide bonds. The Balaban J connectivity index is 2.02. The van der Waals surface area contributed by atoms with Crippen LogP contribution in [0.2, 0.25) is 0 Å². The number of carbonyl (C=O) groups is 1. The molecule has 0 fully saturated rings. The highest BCUT2D eigenvalue weighted by Gasteiger charge is 2.16. The number of nitrogens with zero attached hydrogens (tertiary/aromatic N) is 3. The molecule has 2 aromatic heterocycles. The van der Waals surface area contributed by atoms with Crippen LogP contribution in [0.25, 0.3) is 10.9 Å². The summed E-state index contributed by atoms with van der Waals surface area (Å²) in [5.74, 6) is 1.27. The summed E-state index contributed by atoms with van der Waals surface area (Å²) in [5, 5.41) is 10.2. The fourth-order valence-electron chi connectivity index (χ4n) is 2.94. The van der Waals surface area contributed by atoms with Gasteiger partial charge in [-0.2, -0.15) is 0 Å². The largest absolute Gasteiger partial charge is 0.494 e. The van der Waals surface area contributed by atoms with Gasteiger partial charge in [0.25, 0.3) is 0 Å². The third-order valence-electron chi connectivity index (χ3n) is 4.41. The Kier molecular flexibility index (Phi) is 6.39. The molecule has 3 rings (SSSR count). The fourth-order valence-corrected chi connectivity index (χ4v) is 2.94. The summed E-state index contributed by atoms with van der Waals surface area (Å²) in [6.45, 7) is 12.6. The van der Waals surface area contributed by atoms with Crippen LogP contribution in [0.5, 0.6) is 5.75 Å². The first-order valence-electron chi connectivity index (χ1n) is 9.96. The van der Waals surface area contributed by atoms with Gasteiger partial charge in [0.2, 0.25) is 11.9 Å². The Labute approximate surface area is 182 Å². The zero-order chi connectivity index (χ0) is 22.6. The molecule has 8 nitrogen and oxygen atoms in total. The van der Waals surface area contributed by atoms with Crippen LogP contribution in [0.3, 0.4) is 0 Å². The predicted molar refractivity (Wildman–Crippen MR) is 125 cm³/mol. The SMILES string of the molecule is C=CC(=O)Nc1cccc(OC)c1Nc1ncc2cc(C)nc(NCC(C)(C)C)c2n1. The highest BCUT2D eigenvalue weighted by atomic mass is 16.5. The van der Waals surface area contributed by atoms with Crippen molar-refractivity contribution in [3.8, 4) is 5.75 Å². The third-order valence-corrected chi connectivity index (χ3v) is 4.41. The number of anilines is 4. The molecule has 0 radical (unpaired) electrons. The zero-order valence-corrected chi connectivity index (χ0v) is 18.5. The number of rotatable bonds is 7. The average Bonchev–Trinajstić information content (AvgIpc) is 2.72. The van der Waals surface area contributed by atoms with E-state index in [9.17, 15) is 4.79 Å². The second kappa shape index (κ2) is 8.99.